The van der Waals surface area contributed by atoms with E-state index >= 15 is 0 Å². The zero-order valence-corrected chi connectivity index (χ0v) is 11.3. The van der Waals surface area contributed by atoms with Crippen molar-refractivity contribution in [1.82, 2.24) is 9.97 Å². The predicted molar refractivity (Wildman–Crippen MR) is 73.6 cm³/mol. The molecule has 4 heteroatoms. The summed E-state index contributed by atoms with van der Waals surface area (Å²) in [4.78, 5) is 11.6. The first kappa shape index (κ1) is 12.0. The van der Waals surface area contributed by atoms with Gasteiger partial charge in [0.1, 0.15) is 11.6 Å². The monoisotopic (exact) mass is 247 g/mol. The van der Waals surface area contributed by atoms with Crippen LogP contribution >= 0.6 is 11.3 Å². The van der Waals surface area contributed by atoms with Crippen molar-refractivity contribution < 1.29 is 0 Å². The Bertz CT molecular complexity index is 505. The highest BCUT2D eigenvalue weighted by Crippen LogP contribution is 2.27. The first-order valence-corrected chi connectivity index (χ1v) is 6.67. The zero-order chi connectivity index (χ0) is 12.3. The topological polar surface area (TPSA) is 37.8 Å². The van der Waals surface area contributed by atoms with Crippen LogP contribution in [0.2, 0.25) is 0 Å². The molecule has 0 aromatic carbocycles. The largest absolute Gasteiger partial charge is 0.373 e. The molecule has 17 heavy (non-hydrogen) atoms. The third kappa shape index (κ3) is 2.82. The summed E-state index contributed by atoms with van der Waals surface area (Å²) in [5.74, 6) is 1.81. The average molecular weight is 247 g/mol. The summed E-state index contributed by atoms with van der Waals surface area (Å²) >= 11 is 1.77. The van der Waals surface area contributed by atoms with Crippen molar-refractivity contribution in [3.05, 3.63) is 28.9 Å². The minimum absolute atomic E-state index is 0.893. The number of nitrogens with zero attached hydrogens (tertiary/aromatic N) is 2. The standard InChI is InChI=1S/C13H17N3S/c1-4-5-12-15-10(8-13(14-3)16-12)11-7-6-9(2)17-11/h6-8H,4-5H2,1-3H3,(H,14,15,16). The minimum atomic E-state index is 0.893. The molecule has 0 aliphatic rings. The van der Waals surface area contributed by atoms with E-state index in [1.54, 1.807) is 11.3 Å². The quantitative estimate of drug-likeness (QED) is 0.898. The summed E-state index contributed by atoms with van der Waals surface area (Å²) in [6, 6.07) is 6.25. The fraction of sp³-hybridized carbons (Fsp3) is 0.385. The molecule has 90 valence electrons. The summed E-state index contributed by atoms with van der Waals surface area (Å²) in [6.07, 6.45) is 1.99. The van der Waals surface area contributed by atoms with Crippen molar-refractivity contribution in [2.75, 3.05) is 12.4 Å². The average Bonchev–Trinajstić information content (AvgIpc) is 2.76. The normalized spacial score (nSPS) is 10.5. The van der Waals surface area contributed by atoms with E-state index in [4.69, 9.17) is 0 Å². The Hall–Kier alpha value is -1.42. The third-order valence-corrected chi connectivity index (χ3v) is 3.52. The number of hydrogen-bond donors (Lipinski definition) is 1. The van der Waals surface area contributed by atoms with Crippen LogP contribution in [0.5, 0.6) is 0 Å². The van der Waals surface area contributed by atoms with E-state index in [0.29, 0.717) is 0 Å². The van der Waals surface area contributed by atoms with Crippen LogP contribution in [0, 0.1) is 6.92 Å². The Morgan fingerprint density at radius 3 is 2.71 bits per heavy atom. The summed E-state index contributed by atoms with van der Waals surface area (Å²) < 4.78 is 0. The molecule has 3 nitrogen and oxygen atoms in total. The molecule has 0 aliphatic heterocycles. The highest BCUT2D eigenvalue weighted by Gasteiger charge is 2.07. The number of rotatable bonds is 4. The maximum absolute atomic E-state index is 4.61. The van der Waals surface area contributed by atoms with Gasteiger partial charge in [-0.1, -0.05) is 6.92 Å². The van der Waals surface area contributed by atoms with Crippen LogP contribution in [0.4, 0.5) is 5.82 Å². The lowest BCUT2D eigenvalue weighted by Crippen LogP contribution is -2.01. The molecule has 0 amide bonds. The van der Waals surface area contributed by atoms with E-state index in [1.165, 1.54) is 9.75 Å². The number of aryl methyl sites for hydroxylation is 2. The molecule has 1 N–H and O–H groups in total. The Kier molecular flexibility index (Phi) is 3.74. The third-order valence-electron chi connectivity index (χ3n) is 2.50. The number of nitrogens with one attached hydrogen (secondary N) is 1. The summed E-state index contributed by atoms with van der Waals surface area (Å²) in [5, 5.41) is 3.10. The van der Waals surface area contributed by atoms with Gasteiger partial charge in [-0.05, 0) is 25.5 Å². The zero-order valence-electron chi connectivity index (χ0n) is 10.4. The maximum atomic E-state index is 4.61. The Morgan fingerprint density at radius 2 is 2.12 bits per heavy atom. The maximum Gasteiger partial charge on any atom is 0.131 e. The van der Waals surface area contributed by atoms with Gasteiger partial charge in [-0.25, -0.2) is 9.97 Å². The van der Waals surface area contributed by atoms with Gasteiger partial charge >= 0.3 is 0 Å². The molecule has 0 radical (unpaired) electrons. The van der Waals surface area contributed by atoms with Crippen molar-refractivity contribution in [2.45, 2.75) is 26.7 Å². The Balaban J connectivity index is 2.42. The van der Waals surface area contributed by atoms with Gasteiger partial charge in [0, 0.05) is 24.4 Å². The molecule has 0 spiro atoms. The second kappa shape index (κ2) is 5.27. The smallest absolute Gasteiger partial charge is 0.131 e. The lowest BCUT2D eigenvalue weighted by Gasteiger charge is -2.05. The number of thiophene rings is 1. The van der Waals surface area contributed by atoms with E-state index in [2.05, 4.69) is 41.3 Å². The second-order valence-electron chi connectivity index (χ2n) is 3.96. The fourth-order valence-corrected chi connectivity index (χ4v) is 2.49. The molecular formula is C13H17N3S. The van der Waals surface area contributed by atoms with Crippen molar-refractivity contribution in [3.8, 4) is 10.6 Å². The number of hydrogen-bond acceptors (Lipinski definition) is 4. The van der Waals surface area contributed by atoms with Gasteiger partial charge in [0.2, 0.25) is 0 Å². The lowest BCUT2D eigenvalue weighted by atomic mass is 10.2. The van der Waals surface area contributed by atoms with Gasteiger partial charge in [-0.3, -0.25) is 0 Å². The molecule has 2 rings (SSSR count). The van der Waals surface area contributed by atoms with Gasteiger partial charge in [0.25, 0.3) is 0 Å². The van der Waals surface area contributed by atoms with Crippen LogP contribution in [0.3, 0.4) is 0 Å². The van der Waals surface area contributed by atoms with Crippen LogP contribution in [0.25, 0.3) is 10.6 Å². The van der Waals surface area contributed by atoms with Gasteiger partial charge in [0.15, 0.2) is 0 Å². The fourth-order valence-electron chi connectivity index (χ4n) is 1.66. The number of anilines is 1. The molecule has 0 atom stereocenters. The van der Waals surface area contributed by atoms with Gasteiger partial charge < -0.3 is 5.32 Å². The summed E-state index contributed by atoms with van der Waals surface area (Å²) in [7, 11) is 1.89. The minimum Gasteiger partial charge on any atom is -0.373 e. The van der Waals surface area contributed by atoms with E-state index in [0.717, 1.165) is 30.2 Å². The molecule has 2 aromatic rings. The van der Waals surface area contributed by atoms with Crippen molar-refractivity contribution >= 4 is 17.2 Å². The SMILES string of the molecule is CCCc1nc(NC)cc(-c2ccc(C)s2)n1. The lowest BCUT2D eigenvalue weighted by molar-refractivity contribution is 0.838. The summed E-state index contributed by atoms with van der Waals surface area (Å²) in [5.41, 5.74) is 1.02. The highest BCUT2D eigenvalue weighted by molar-refractivity contribution is 7.15. The van der Waals surface area contributed by atoms with Crippen LogP contribution in [0.15, 0.2) is 18.2 Å². The molecule has 0 fully saturated rings. The molecule has 2 heterocycles. The van der Waals surface area contributed by atoms with Crippen molar-refractivity contribution in [1.29, 1.82) is 0 Å². The van der Waals surface area contributed by atoms with Crippen LogP contribution in [0.1, 0.15) is 24.0 Å². The molecule has 0 unspecified atom stereocenters. The van der Waals surface area contributed by atoms with E-state index < -0.39 is 0 Å². The van der Waals surface area contributed by atoms with Crippen LogP contribution in [-0.4, -0.2) is 17.0 Å². The Morgan fingerprint density at radius 1 is 1.29 bits per heavy atom. The molecular weight excluding hydrogens is 230 g/mol. The first-order valence-electron chi connectivity index (χ1n) is 5.85. The molecule has 2 aromatic heterocycles. The van der Waals surface area contributed by atoms with Crippen molar-refractivity contribution in [3.63, 3.8) is 0 Å². The van der Waals surface area contributed by atoms with Crippen molar-refractivity contribution in [2.24, 2.45) is 0 Å². The highest BCUT2D eigenvalue weighted by atomic mass is 32.1. The second-order valence-corrected chi connectivity index (χ2v) is 5.25. The number of aromatic nitrogens is 2. The van der Waals surface area contributed by atoms with E-state index in [9.17, 15) is 0 Å². The van der Waals surface area contributed by atoms with Crippen LogP contribution in [-0.2, 0) is 6.42 Å². The van der Waals surface area contributed by atoms with E-state index in [1.807, 2.05) is 13.1 Å². The summed E-state index contributed by atoms with van der Waals surface area (Å²) in [6.45, 7) is 4.26. The first-order chi connectivity index (χ1) is 8.22. The predicted octanol–water partition coefficient (Wildman–Crippen LogP) is 3.51. The van der Waals surface area contributed by atoms with Gasteiger partial charge in [0.05, 0.1) is 10.6 Å². The Labute approximate surface area is 106 Å². The van der Waals surface area contributed by atoms with Crippen LogP contribution < -0.4 is 5.32 Å². The van der Waals surface area contributed by atoms with Gasteiger partial charge in [-0.15, -0.1) is 11.3 Å². The van der Waals surface area contributed by atoms with E-state index in [-0.39, 0.29) is 0 Å². The van der Waals surface area contributed by atoms with Gasteiger partial charge in [-0.2, -0.15) is 0 Å². The molecule has 0 aliphatic carbocycles. The molecule has 0 saturated heterocycles. The molecule has 0 bridgehead atoms. The molecule has 0 saturated carbocycles.